The summed E-state index contributed by atoms with van der Waals surface area (Å²) in [5, 5.41) is 0. The lowest BCUT2D eigenvalue weighted by Gasteiger charge is -2.15. The molecule has 1 aromatic carbocycles. The molecule has 1 aromatic heterocycles. The predicted octanol–water partition coefficient (Wildman–Crippen LogP) is 1.28. The van der Waals surface area contributed by atoms with Gasteiger partial charge in [0.25, 0.3) is 11.8 Å². The number of nitrogens with zero attached hydrogens (tertiary/aromatic N) is 2. The number of rotatable bonds is 4. The standard InChI is InChI=1S/C18H18N4O3/c23-16-4-2-10-22(16)12-13-5-7-14(8-6-13)17(24)20-21-18(25)15-3-1-9-19-11-15/h1,3,5-9,11H,2,4,10,12H2,(H,20,24)(H,21,25). The number of hydrazine groups is 1. The third-order valence-electron chi connectivity index (χ3n) is 3.97. The molecular weight excluding hydrogens is 320 g/mol. The molecule has 3 amide bonds. The zero-order valence-corrected chi connectivity index (χ0v) is 13.6. The molecule has 0 bridgehead atoms. The molecule has 0 atom stereocenters. The molecule has 1 saturated heterocycles. The van der Waals surface area contributed by atoms with E-state index in [2.05, 4.69) is 15.8 Å². The number of hydrogen-bond donors (Lipinski definition) is 2. The highest BCUT2D eigenvalue weighted by molar-refractivity contribution is 5.98. The second-order valence-electron chi connectivity index (χ2n) is 5.77. The topological polar surface area (TPSA) is 91.4 Å². The molecule has 1 aliphatic rings. The number of pyridine rings is 1. The Labute approximate surface area is 145 Å². The monoisotopic (exact) mass is 338 g/mol. The third-order valence-corrected chi connectivity index (χ3v) is 3.97. The van der Waals surface area contributed by atoms with Gasteiger partial charge in [0, 0.05) is 37.5 Å². The lowest BCUT2D eigenvalue weighted by Crippen LogP contribution is -2.41. The van der Waals surface area contributed by atoms with Crippen LogP contribution in [-0.4, -0.2) is 34.2 Å². The Kier molecular flexibility index (Phi) is 5.03. The summed E-state index contributed by atoms with van der Waals surface area (Å²) in [6.07, 6.45) is 4.48. The summed E-state index contributed by atoms with van der Waals surface area (Å²) in [5.41, 5.74) is 6.45. The lowest BCUT2D eigenvalue weighted by molar-refractivity contribution is -0.128. The minimum Gasteiger partial charge on any atom is -0.338 e. The van der Waals surface area contributed by atoms with Crippen molar-refractivity contribution in [3.63, 3.8) is 0 Å². The first-order valence-corrected chi connectivity index (χ1v) is 8.01. The smallest absolute Gasteiger partial charge is 0.271 e. The summed E-state index contributed by atoms with van der Waals surface area (Å²) >= 11 is 0. The Bertz CT molecular complexity index is 775. The van der Waals surface area contributed by atoms with Crippen LogP contribution in [0.5, 0.6) is 0 Å². The number of likely N-dealkylation sites (tertiary alicyclic amines) is 1. The third kappa shape index (κ3) is 4.20. The zero-order valence-electron chi connectivity index (χ0n) is 13.6. The first-order valence-electron chi connectivity index (χ1n) is 8.01. The van der Waals surface area contributed by atoms with Crippen molar-refractivity contribution in [2.24, 2.45) is 0 Å². The van der Waals surface area contributed by atoms with E-state index in [0.29, 0.717) is 24.1 Å². The summed E-state index contributed by atoms with van der Waals surface area (Å²) < 4.78 is 0. The zero-order chi connectivity index (χ0) is 17.6. The van der Waals surface area contributed by atoms with Crippen molar-refractivity contribution in [2.75, 3.05) is 6.54 Å². The van der Waals surface area contributed by atoms with Crippen molar-refractivity contribution < 1.29 is 14.4 Å². The summed E-state index contributed by atoms with van der Waals surface area (Å²) in [5.74, 6) is -0.688. The van der Waals surface area contributed by atoms with Crippen molar-refractivity contribution in [1.82, 2.24) is 20.7 Å². The minimum atomic E-state index is -0.439. The van der Waals surface area contributed by atoms with Crippen LogP contribution < -0.4 is 10.9 Å². The second kappa shape index (κ2) is 7.57. The van der Waals surface area contributed by atoms with Gasteiger partial charge in [-0.25, -0.2) is 0 Å². The average molecular weight is 338 g/mol. The van der Waals surface area contributed by atoms with Gasteiger partial charge in [-0.3, -0.25) is 30.2 Å². The Hall–Kier alpha value is -3.22. The maximum Gasteiger partial charge on any atom is 0.271 e. The number of hydrogen-bond acceptors (Lipinski definition) is 4. The van der Waals surface area contributed by atoms with Crippen LogP contribution in [0.15, 0.2) is 48.8 Å². The SMILES string of the molecule is O=C(NNC(=O)c1cccnc1)c1ccc(CN2CCCC2=O)cc1. The van der Waals surface area contributed by atoms with Gasteiger partial charge in [0.2, 0.25) is 5.91 Å². The number of nitrogens with one attached hydrogen (secondary N) is 2. The normalized spacial score (nSPS) is 13.6. The Morgan fingerprint density at radius 3 is 2.36 bits per heavy atom. The number of amides is 3. The van der Waals surface area contributed by atoms with Crippen molar-refractivity contribution in [1.29, 1.82) is 0 Å². The average Bonchev–Trinajstić information content (AvgIpc) is 3.05. The number of carbonyl (C=O) groups is 3. The van der Waals surface area contributed by atoms with Gasteiger partial charge in [0.05, 0.1) is 5.56 Å². The van der Waals surface area contributed by atoms with Crippen LogP contribution in [0.3, 0.4) is 0 Å². The molecule has 1 aliphatic heterocycles. The van der Waals surface area contributed by atoms with Crippen molar-refractivity contribution in [3.8, 4) is 0 Å². The molecule has 0 aliphatic carbocycles. The fourth-order valence-electron chi connectivity index (χ4n) is 2.61. The van der Waals surface area contributed by atoms with E-state index in [1.807, 2.05) is 17.0 Å². The van der Waals surface area contributed by atoms with E-state index in [4.69, 9.17) is 0 Å². The van der Waals surface area contributed by atoms with Gasteiger partial charge < -0.3 is 4.90 Å². The molecule has 2 heterocycles. The molecule has 25 heavy (non-hydrogen) atoms. The highest BCUT2D eigenvalue weighted by Crippen LogP contribution is 2.14. The van der Waals surface area contributed by atoms with Crippen LogP contribution in [-0.2, 0) is 11.3 Å². The van der Waals surface area contributed by atoms with E-state index in [-0.39, 0.29) is 5.91 Å². The van der Waals surface area contributed by atoms with E-state index >= 15 is 0 Å². The predicted molar refractivity (Wildman–Crippen MR) is 90.3 cm³/mol. The van der Waals surface area contributed by atoms with Gasteiger partial charge in [0.15, 0.2) is 0 Å². The van der Waals surface area contributed by atoms with E-state index in [9.17, 15) is 14.4 Å². The van der Waals surface area contributed by atoms with Gasteiger partial charge in [-0.1, -0.05) is 12.1 Å². The number of benzene rings is 1. The second-order valence-corrected chi connectivity index (χ2v) is 5.77. The van der Waals surface area contributed by atoms with Crippen LogP contribution in [0.1, 0.15) is 39.1 Å². The molecule has 7 heteroatoms. The minimum absolute atomic E-state index is 0.167. The molecule has 1 fully saturated rings. The number of carbonyl (C=O) groups excluding carboxylic acids is 3. The van der Waals surface area contributed by atoms with Crippen LogP contribution in [0.2, 0.25) is 0 Å². The highest BCUT2D eigenvalue weighted by atomic mass is 16.2. The lowest BCUT2D eigenvalue weighted by atomic mass is 10.1. The molecule has 128 valence electrons. The van der Waals surface area contributed by atoms with Crippen molar-refractivity contribution in [3.05, 3.63) is 65.5 Å². The quantitative estimate of drug-likeness (QED) is 0.822. The van der Waals surface area contributed by atoms with E-state index in [0.717, 1.165) is 18.5 Å². The van der Waals surface area contributed by atoms with Gasteiger partial charge in [-0.05, 0) is 36.2 Å². The Balaban J connectivity index is 1.54. The maximum atomic E-state index is 12.1. The maximum absolute atomic E-state index is 12.1. The van der Waals surface area contributed by atoms with E-state index < -0.39 is 11.8 Å². The van der Waals surface area contributed by atoms with Gasteiger partial charge in [0.1, 0.15) is 0 Å². The Morgan fingerprint density at radius 2 is 1.76 bits per heavy atom. The first kappa shape index (κ1) is 16.6. The summed E-state index contributed by atoms with van der Waals surface area (Å²) in [4.78, 5) is 41.2. The molecular formula is C18H18N4O3. The van der Waals surface area contributed by atoms with E-state index in [1.165, 1.54) is 6.20 Å². The molecule has 0 unspecified atom stereocenters. The summed E-state index contributed by atoms with van der Waals surface area (Å²) in [7, 11) is 0. The van der Waals surface area contributed by atoms with Crippen molar-refractivity contribution >= 4 is 17.7 Å². The van der Waals surface area contributed by atoms with Crippen LogP contribution in [0, 0.1) is 0 Å². The van der Waals surface area contributed by atoms with Gasteiger partial charge in [-0.15, -0.1) is 0 Å². The summed E-state index contributed by atoms with van der Waals surface area (Å²) in [6, 6.07) is 10.2. The largest absolute Gasteiger partial charge is 0.338 e. The van der Waals surface area contributed by atoms with Crippen LogP contribution in [0.25, 0.3) is 0 Å². The molecule has 2 N–H and O–H groups in total. The molecule has 2 aromatic rings. The fourth-order valence-corrected chi connectivity index (χ4v) is 2.61. The highest BCUT2D eigenvalue weighted by Gasteiger charge is 2.20. The molecule has 0 spiro atoms. The summed E-state index contributed by atoms with van der Waals surface area (Å²) in [6.45, 7) is 1.33. The van der Waals surface area contributed by atoms with Crippen molar-refractivity contribution in [2.45, 2.75) is 19.4 Å². The Morgan fingerprint density at radius 1 is 1.04 bits per heavy atom. The first-order chi connectivity index (χ1) is 12.1. The molecule has 0 radical (unpaired) electrons. The van der Waals surface area contributed by atoms with Gasteiger partial charge in [-0.2, -0.15) is 0 Å². The fraction of sp³-hybridized carbons (Fsp3) is 0.222. The molecule has 7 nitrogen and oxygen atoms in total. The number of aromatic nitrogens is 1. The van der Waals surface area contributed by atoms with E-state index in [1.54, 1.807) is 30.5 Å². The van der Waals surface area contributed by atoms with Crippen LogP contribution >= 0.6 is 0 Å². The van der Waals surface area contributed by atoms with Crippen LogP contribution in [0.4, 0.5) is 0 Å². The molecule has 0 saturated carbocycles. The molecule has 3 rings (SSSR count). The van der Waals surface area contributed by atoms with Gasteiger partial charge >= 0.3 is 0 Å².